The largest absolute Gasteiger partial charge is 0.337 e. The van der Waals surface area contributed by atoms with Gasteiger partial charge in [-0.1, -0.05) is 41.6 Å². The highest BCUT2D eigenvalue weighted by molar-refractivity contribution is 5.95. The summed E-state index contributed by atoms with van der Waals surface area (Å²) in [5.74, 6) is 0.773. The fourth-order valence-electron chi connectivity index (χ4n) is 3.59. The van der Waals surface area contributed by atoms with E-state index in [9.17, 15) is 9.59 Å². The SMILES string of the molecule is Cc1noc(C2CCN(C(=O)c3ccccc3)CCN2C(=O)c2ccccc2)n1. The summed E-state index contributed by atoms with van der Waals surface area (Å²) in [6.07, 6.45) is 0.527. The summed E-state index contributed by atoms with van der Waals surface area (Å²) in [5, 5.41) is 3.89. The van der Waals surface area contributed by atoms with Crippen LogP contribution in [0.5, 0.6) is 0 Å². The molecule has 29 heavy (non-hydrogen) atoms. The number of nitrogens with zero attached hydrogens (tertiary/aromatic N) is 4. The van der Waals surface area contributed by atoms with E-state index < -0.39 is 0 Å². The Balaban J connectivity index is 1.61. The Kier molecular flexibility index (Phi) is 5.37. The zero-order valence-corrected chi connectivity index (χ0v) is 16.2. The van der Waals surface area contributed by atoms with E-state index in [1.807, 2.05) is 36.4 Å². The highest BCUT2D eigenvalue weighted by Crippen LogP contribution is 2.28. The van der Waals surface area contributed by atoms with E-state index in [0.717, 1.165) is 0 Å². The molecule has 2 amide bonds. The molecule has 0 saturated carbocycles. The Hall–Kier alpha value is -3.48. The number of aryl methyl sites for hydroxylation is 1. The van der Waals surface area contributed by atoms with Gasteiger partial charge in [-0.3, -0.25) is 9.59 Å². The number of carbonyl (C=O) groups is 2. The Morgan fingerprint density at radius 1 is 0.897 bits per heavy atom. The Labute approximate surface area is 168 Å². The van der Waals surface area contributed by atoms with Gasteiger partial charge >= 0.3 is 0 Å². The van der Waals surface area contributed by atoms with Crippen LogP contribution in [-0.4, -0.2) is 51.4 Å². The maximum atomic E-state index is 13.2. The molecular weight excluding hydrogens is 368 g/mol. The molecule has 4 rings (SSSR count). The predicted octanol–water partition coefficient (Wildman–Crippen LogP) is 3.11. The van der Waals surface area contributed by atoms with Crippen molar-refractivity contribution in [2.45, 2.75) is 19.4 Å². The third kappa shape index (κ3) is 4.03. The summed E-state index contributed by atoms with van der Waals surface area (Å²) in [6, 6.07) is 17.9. The molecule has 0 spiro atoms. The lowest BCUT2D eigenvalue weighted by Crippen LogP contribution is -2.38. The van der Waals surface area contributed by atoms with E-state index in [-0.39, 0.29) is 17.9 Å². The van der Waals surface area contributed by atoms with Crippen LogP contribution in [-0.2, 0) is 0 Å². The quantitative estimate of drug-likeness (QED) is 0.687. The molecule has 2 heterocycles. The highest BCUT2D eigenvalue weighted by Gasteiger charge is 2.34. The Morgan fingerprint density at radius 3 is 2.10 bits per heavy atom. The first kappa shape index (κ1) is 18.9. The van der Waals surface area contributed by atoms with Crippen LogP contribution in [0, 0.1) is 6.92 Å². The first-order valence-electron chi connectivity index (χ1n) is 9.64. The van der Waals surface area contributed by atoms with Gasteiger partial charge in [0.2, 0.25) is 5.89 Å². The molecule has 1 fully saturated rings. The summed E-state index contributed by atoms with van der Waals surface area (Å²) in [5.41, 5.74) is 1.23. The van der Waals surface area contributed by atoms with E-state index in [2.05, 4.69) is 10.1 Å². The molecular formula is C22H22N4O3. The number of benzene rings is 2. The van der Waals surface area contributed by atoms with Gasteiger partial charge in [-0.25, -0.2) is 0 Å². The number of hydrogen-bond acceptors (Lipinski definition) is 5. The van der Waals surface area contributed by atoms with E-state index in [4.69, 9.17) is 4.52 Å². The molecule has 7 heteroatoms. The van der Waals surface area contributed by atoms with Gasteiger partial charge in [0.25, 0.3) is 11.8 Å². The van der Waals surface area contributed by atoms with Crippen LogP contribution in [0.15, 0.2) is 65.2 Å². The molecule has 0 aliphatic carbocycles. The topological polar surface area (TPSA) is 79.5 Å². The predicted molar refractivity (Wildman–Crippen MR) is 106 cm³/mol. The third-order valence-corrected chi connectivity index (χ3v) is 5.08. The molecule has 0 N–H and O–H groups in total. The van der Waals surface area contributed by atoms with E-state index in [0.29, 0.717) is 48.9 Å². The minimum Gasteiger partial charge on any atom is -0.337 e. The van der Waals surface area contributed by atoms with Gasteiger partial charge < -0.3 is 14.3 Å². The van der Waals surface area contributed by atoms with Gasteiger partial charge in [0, 0.05) is 30.8 Å². The molecule has 7 nitrogen and oxygen atoms in total. The summed E-state index contributed by atoms with van der Waals surface area (Å²) in [7, 11) is 0. The van der Waals surface area contributed by atoms with Crippen LogP contribution < -0.4 is 0 Å². The molecule has 1 aromatic heterocycles. The maximum absolute atomic E-state index is 13.2. The summed E-state index contributed by atoms with van der Waals surface area (Å²) < 4.78 is 5.40. The molecule has 1 aliphatic rings. The maximum Gasteiger partial charge on any atom is 0.254 e. The van der Waals surface area contributed by atoms with Crippen molar-refractivity contribution in [2.24, 2.45) is 0 Å². The van der Waals surface area contributed by atoms with E-state index >= 15 is 0 Å². The second-order valence-electron chi connectivity index (χ2n) is 7.01. The van der Waals surface area contributed by atoms with Crippen LogP contribution in [0.2, 0.25) is 0 Å². The molecule has 2 aromatic carbocycles. The fourth-order valence-corrected chi connectivity index (χ4v) is 3.59. The molecule has 3 aromatic rings. The fraction of sp³-hybridized carbons (Fsp3) is 0.273. The number of hydrogen-bond donors (Lipinski definition) is 0. The summed E-state index contributed by atoms with van der Waals surface area (Å²) in [6.45, 7) is 3.07. The smallest absolute Gasteiger partial charge is 0.254 e. The lowest BCUT2D eigenvalue weighted by atomic mass is 10.1. The van der Waals surface area contributed by atoms with Crippen LogP contribution in [0.3, 0.4) is 0 Å². The average Bonchev–Trinajstić information content (AvgIpc) is 3.07. The minimum absolute atomic E-state index is 0.0416. The van der Waals surface area contributed by atoms with Crippen molar-refractivity contribution in [3.63, 3.8) is 0 Å². The zero-order chi connectivity index (χ0) is 20.2. The second-order valence-corrected chi connectivity index (χ2v) is 7.01. The summed E-state index contributed by atoms with van der Waals surface area (Å²) in [4.78, 5) is 34.0. The molecule has 1 atom stereocenters. The van der Waals surface area contributed by atoms with Crippen LogP contribution in [0.1, 0.15) is 44.9 Å². The standard InChI is InChI=1S/C22H22N4O3/c1-16-23-20(29-24-16)19-12-13-25(21(27)17-8-4-2-5-9-17)14-15-26(19)22(28)18-10-6-3-7-11-18/h2-11,19H,12-15H2,1H3. The normalized spacial score (nSPS) is 17.1. The highest BCUT2D eigenvalue weighted by atomic mass is 16.5. The van der Waals surface area contributed by atoms with Crippen LogP contribution in [0.25, 0.3) is 0 Å². The second kappa shape index (κ2) is 8.26. The van der Waals surface area contributed by atoms with Crippen molar-refractivity contribution in [2.75, 3.05) is 19.6 Å². The van der Waals surface area contributed by atoms with Gasteiger partial charge in [0.1, 0.15) is 6.04 Å². The average molecular weight is 390 g/mol. The molecule has 0 bridgehead atoms. The van der Waals surface area contributed by atoms with Gasteiger partial charge in [-0.15, -0.1) is 0 Å². The van der Waals surface area contributed by atoms with Gasteiger partial charge in [-0.05, 0) is 37.6 Å². The van der Waals surface area contributed by atoms with Crippen molar-refractivity contribution >= 4 is 11.8 Å². The monoisotopic (exact) mass is 390 g/mol. The van der Waals surface area contributed by atoms with Crippen molar-refractivity contribution in [3.8, 4) is 0 Å². The van der Waals surface area contributed by atoms with Crippen LogP contribution in [0.4, 0.5) is 0 Å². The third-order valence-electron chi connectivity index (χ3n) is 5.08. The number of rotatable bonds is 3. The minimum atomic E-state index is -0.377. The molecule has 148 valence electrons. The van der Waals surface area contributed by atoms with Gasteiger partial charge in [0.05, 0.1) is 0 Å². The first-order chi connectivity index (χ1) is 14.1. The van der Waals surface area contributed by atoms with Crippen molar-refractivity contribution in [1.82, 2.24) is 19.9 Å². The number of carbonyl (C=O) groups excluding carboxylic acids is 2. The number of aromatic nitrogens is 2. The molecule has 1 aliphatic heterocycles. The lowest BCUT2D eigenvalue weighted by molar-refractivity contribution is 0.0642. The lowest BCUT2D eigenvalue weighted by Gasteiger charge is -2.27. The first-order valence-corrected chi connectivity index (χ1v) is 9.64. The zero-order valence-electron chi connectivity index (χ0n) is 16.2. The van der Waals surface area contributed by atoms with Crippen molar-refractivity contribution in [1.29, 1.82) is 0 Å². The molecule has 0 radical (unpaired) electrons. The van der Waals surface area contributed by atoms with Gasteiger partial charge in [-0.2, -0.15) is 4.98 Å². The molecule has 1 unspecified atom stereocenters. The summed E-state index contributed by atoms with van der Waals surface area (Å²) >= 11 is 0. The Bertz CT molecular complexity index is 988. The Morgan fingerprint density at radius 2 is 1.52 bits per heavy atom. The molecule has 1 saturated heterocycles. The van der Waals surface area contributed by atoms with E-state index in [1.54, 1.807) is 41.0 Å². The van der Waals surface area contributed by atoms with E-state index in [1.165, 1.54) is 0 Å². The van der Waals surface area contributed by atoms with Crippen molar-refractivity contribution < 1.29 is 14.1 Å². The number of amides is 2. The van der Waals surface area contributed by atoms with Gasteiger partial charge in [0.15, 0.2) is 5.82 Å². The van der Waals surface area contributed by atoms with Crippen molar-refractivity contribution in [3.05, 3.63) is 83.5 Å². The van der Waals surface area contributed by atoms with Crippen LogP contribution >= 0.6 is 0 Å².